The first-order valence-electron chi connectivity index (χ1n) is 6.30. The fraction of sp³-hybridized carbons (Fsp3) is 0.571. The molecule has 16 heavy (non-hydrogen) atoms. The number of fused-ring (bicyclic) bond motifs is 3. The highest BCUT2D eigenvalue weighted by Gasteiger charge is 2.31. The monoisotopic (exact) mass is 217 g/mol. The number of hydrogen-bond donors (Lipinski definition) is 1. The number of anilines is 1. The van der Waals surface area contributed by atoms with Gasteiger partial charge in [0.25, 0.3) is 0 Å². The normalized spacial score (nSPS) is 27.6. The van der Waals surface area contributed by atoms with Gasteiger partial charge in [0.15, 0.2) is 0 Å². The lowest BCUT2D eigenvalue weighted by Gasteiger charge is -2.37. The van der Waals surface area contributed by atoms with E-state index in [2.05, 4.69) is 23.5 Å². The van der Waals surface area contributed by atoms with Crippen LogP contribution in [0.4, 0.5) is 5.69 Å². The Morgan fingerprint density at radius 2 is 2.12 bits per heavy atom. The Bertz CT molecular complexity index is 388. The SMILES string of the molecule is COc1ccc2c(c1)C1CCCCC1CN2. The van der Waals surface area contributed by atoms with Gasteiger partial charge in [-0.05, 0) is 48.4 Å². The molecule has 1 aromatic carbocycles. The Hall–Kier alpha value is -1.18. The summed E-state index contributed by atoms with van der Waals surface area (Å²) in [5.74, 6) is 2.60. The molecule has 2 unspecified atom stereocenters. The minimum Gasteiger partial charge on any atom is -0.497 e. The summed E-state index contributed by atoms with van der Waals surface area (Å²) in [5, 5.41) is 3.56. The van der Waals surface area contributed by atoms with E-state index < -0.39 is 0 Å². The van der Waals surface area contributed by atoms with E-state index in [9.17, 15) is 0 Å². The van der Waals surface area contributed by atoms with Crippen molar-refractivity contribution in [3.63, 3.8) is 0 Å². The quantitative estimate of drug-likeness (QED) is 0.778. The zero-order chi connectivity index (χ0) is 11.0. The molecule has 1 heterocycles. The highest BCUT2D eigenvalue weighted by molar-refractivity contribution is 5.58. The molecule has 1 fully saturated rings. The summed E-state index contributed by atoms with van der Waals surface area (Å²) in [6, 6.07) is 6.44. The van der Waals surface area contributed by atoms with Crippen molar-refractivity contribution in [1.29, 1.82) is 0 Å². The van der Waals surface area contributed by atoms with Crippen LogP contribution in [-0.4, -0.2) is 13.7 Å². The van der Waals surface area contributed by atoms with Crippen LogP contribution in [0.3, 0.4) is 0 Å². The van der Waals surface area contributed by atoms with Crippen LogP contribution in [0, 0.1) is 5.92 Å². The van der Waals surface area contributed by atoms with Gasteiger partial charge >= 0.3 is 0 Å². The Morgan fingerprint density at radius 1 is 1.25 bits per heavy atom. The van der Waals surface area contributed by atoms with Crippen LogP contribution in [-0.2, 0) is 0 Å². The maximum atomic E-state index is 5.33. The van der Waals surface area contributed by atoms with Gasteiger partial charge in [-0.25, -0.2) is 0 Å². The van der Waals surface area contributed by atoms with Crippen molar-refractivity contribution in [2.45, 2.75) is 31.6 Å². The van der Waals surface area contributed by atoms with Crippen molar-refractivity contribution in [2.24, 2.45) is 5.92 Å². The second kappa shape index (κ2) is 4.00. The van der Waals surface area contributed by atoms with Gasteiger partial charge in [-0.2, -0.15) is 0 Å². The molecule has 0 radical (unpaired) electrons. The number of rotatable bonds is 1. The van der Waals surface area contributed by atoms with Crippen molar-refractivity contribution in [3.05, 3.63) is 23.8 Å². The van der Waals surface area contributed by atoms with E-state index in [1.807, 2.05) is 0 Å². The molecular formula is C14H19NO. The van der Waals surface area contributed by atoms with Crippen LogP contribution in [0.2, 0.25) is 0 Å². The van der Waals surface area contributed by atoms with E-state index in [0.29, 0.717) is 0 Å². The molecule has 2 aliphatic rings. The van der Waals surface area contributed by atoms with Crippen molar-refractivity contribution in [1.82, 2.24) is 0 Å². The van der Waals surface area contributed by atoms with Gasteiger partial charge in [0.1, 0.15) is 5.75 Å². The molecule has 0 aromatic heterocycles. The van der Waals surface area contributed by atoms with Crippen molar-refractivity contribution in [3.8, 4) is 5.75 Å². The van der Waals surface area contributed by atoms with Gasteiger partial charge in [-0.1, -0.05) is 12.8 Å². The summed E-state index contributed by atoms with van der Waals surface area (Å²) in [7, 11) is 1.75. The van der Waals surface area contributed by atoms with Crippen LogP contribution < -0.4 is 10.1 Å². The van der Waals surface area contributed by atoms with Crippen molar-refractivity contribution >= 4 is 5.69 Å². The van der Waals surface area contributed by atoms with Crippen LogP contribution in [0.1, 0.15) is 37.2 Å². The molecule has 2 nitrogen and oxygen atoms in total. The topological polar surface area (TPSA) is 21.3 Å². The molecule has 2 atom stereocenters. The highest BCUT2D eigenvalue weighted by atomic mass is 16.5. The second-order valence-electron chi connectivity index (χ2n) is 4.99. The molecule has 1 N–H and O–H groups in total. The second-order valence-corrected chi connectivity index (χ2v) is 4.99. The Kier molecular flexibility index (Phi) is 2.50. The number of methoxy groups -OCH3 is 1. The molecule has 86 valence electrons. The van der Waals surface area contributed by atoms with Crippen molar-refractivity contribution in [2.75, 3.05) is 19.0 Å². The van der Waals surface area contributed by atoms with E-state index in [1.165, 1.54) is 36.9 Å². The Balaban J connectivity index is 1.98. The minimum absolute atomic E-state index is 0.764. The molecule has 2 heteroatoms. The predicted molar refractivity (Wildman–Crippen MR) is 66.2 cm³/mol. The Labute approximate surface area is 97.0 Å². The van der Waals surface area contributed by atoms with Gasteiger partial charge < -0.3 is 10.1 Å². The smallest absolute Gasteiger partial charge is 0.119 e. The molecule has 0 spiro atoms. The molecule has 0 bridgehead atoms. The number of nitrogens with one attached hydrogen (secondary N) is 1. The molecule has 0 saturated heterocycles. The van der Waals surface area contributed by atoms with E-state index >= 15 is 0 Å². The summed E-state index contributed by atoms with van der Waals surface area (Å²) in [4.78, 5) is 0. The molecule has 1 aromatic rings. The average Bonchev–Trinajstić information content (AvgIpc) is 2.38. The number of hydrogen-bond acceptors (Lipinski definition) is 2. The van der Waals surface area contributed by atoms with Crippen LogP contribution in [0.25, 0.3) is 0 Å². The summed E-state index contributed by atoms with van der Waals surface area (Å²) in [5.41, 5.74) is 2.80. The van der Waals surface area contributed by atoms with Crippen LogP contribution >= 0.6 is 0 Å². The Morgan fingerprint density at radius 3 is 3.00 bits per heavy atom. The zero-order valence-corrected chi connectivity index (χ0v) is 9.83. The van der Waals surface area contributed by atoms with Gasteiger partial charge in [0.05, 0.1) is 7.11 Å². The minimum atomic E-state index is 0.764. The molecule has 3 rings (SSSR count). The first-order chi connectivity index (χ1) is 7.88. The first kappa shape index (κ1) is 10.0. The van der Waals surface area contributed by atoms with Gasteiger partial charge in [0, 0.05) is 12.2 Å². The molecule has 0 amide bonds. The standard InChI is InChI=1S/C14H19NO/c1-16-11-6-7-14-13(8-11)12-5-3-2-4-10(12)9-15-14/h6-8,10,12,15H,2-5,9H2,1H3. The predicted octanol–water partition coefficient (Wildman–Crippen LogP) is 3.39. The van der Waals surface area contributed by atoms with E-state index in [0.717, 1.165) is 24.1 Å². The zero-order valence-electron chi connectivity index (χ0n) is 9.83. The summed E-state index contributed by atoms with van der Waals surface area (Å²) in [6.07, 6.45) is 5.53. The highest BCUT2D eigenvalue weighted by Crippen LogP contribution is 2.44. The largest absolute Gasteiger partial charge is 0.497 e. The lowest BCUT2D eigenvalue weighted by atomic mass is 9.73. The first-order valence-corrected chi connectivity index (χ1v) is 6.30. The lowest BCUT2D eigenvalue weighted by Crippen LogP contribution is -2.30. The summed E-state index contributed by atoms with van der Waals surface area (Å²) >= 11 is 0. The third-order valence-electron chi connectivity index (χ3n) is 4.12. The third kappa shape index (κ3) is 1.57. The third-order valence-corrected chi connectivity index (χ3v) is 4.12. The maximum absolute atomic E-state index is 5.33. The van der Waals surface area contributed by atoms with Gasteiger partial charge in [-0.15, -0.1) is 0 Å². The van der Waals surface area contributed by atoms with E-state index in [4.69, 9.17) is 4.74 Å². The van der Waals surface area contributed by atoms with Gasteiger partial charge in [-0.3, -0.25) is 0 Å². The molecule has 1 saturated carbocycles. The van der Waals surface area contributed by atoms with Crippen LogP contribution in [0.5, 0.6) is 5.75 Å². The molecule has 1 aliphatic carbocycles. The summed E-state index contributed by atoms with van der Waals surface area (Å²) in [6.45, 7) is 1.16. The van der Waals surface area contributed by atoms with E-state index in [-0.39, 0.29) is 0 Å². The fourth-order valence-corrected chi connectivity index (χ4v) is 3.24. The number of ether oxygens (including phenoxy) is 1. The average molecular weight is 217 g/mol. The van der Waals surface area contributed by atoms with Crippen molar-refractivity contribution < 1.29 is 4.74 Å². The molecule has 1 aliphatic heterocycles. The van der Waals surface area contributed by atoms with Crippen LogP contribution in [0.15, 0.2) is 18.2 Å². The van der Waals surface area contributed by atoms with E-state index in [1.54, 1.807) is 7.11 Å². The molecular weight excluding hydrogens is 198 g/mol. The number of benzene rings is 1. The lowest BCUT2D eigenvalue weighted by molar-refractivity contribution is 0.312. The summed E-state index contributed by atoms with van der Waals surface area (Å²) < 4.78 is 5.33. The maximum Gasteiger partial charge on any atom is 0.119 e. The van der Waals surface area contributed by atoms with Gasteiger partial charge in [0.2, 0.25) is 0 Å². The fourth-order valence-electron chi connectivity index (χ4n) is 3.24.